The lowest BCUT2D eigenvalue weighted by molar-refractivity contribution is -0.145. The number of Topliss-reactive ketones (excluding diaryl/α,β-unsaturated/α-hetero) is 1. The quantitative estimate of drug-likeness (QED) is 0.838. The summed E-state index contributed by atoms with van der Waals surface area (Å²) in [6.45, 7) is 3.89. The van der Waals surface area contributed by atoms with Crippen molar-refractivity contribution in [3.05, 3.63) is 35.9 Å². The first-order valence-corrected chi connectivity index (χ1v) is 7.93. The van der Waals surface area contributed by atoms with Crippen LogP contribution in [0.4, 0.5) is 0 Å². The maximum absolute atomic E-state index is 13.0. The highest BCUT2D eigenvalue weighted by Gasteiger charge is 2.68. The van der Waals surface area contributed by atoms with E-state index in [9.17, 15) is 14.7 Å². The minimum Gasteiger partial charge on any atom is -0.394 e. The molecule has 1 aromatic rings. The number of ketones is 1. The normalized spacial score (nSPS) is 30.3. The zero-order chi connectivity index (χ0) is 16.0. The van der Waals surface area contributed by atoms with Crippen LogP contribution in [0.1, 0.15) is 44.7 Å². The van der Waals surface area contributed by atoms with Crippen LogP contribution < -0.4 is 5.32 Å². The molecule has 2 saturated carbocycles. The Balaban J connectivity index is 1.86. The number of carbonyl (C=O) groups excluding carboxylic acids is 2. The van der Waals surface area contributed by atoms with Gasteiger partial charge in [-0.2, -0.15) is 0 Å². The topological polar surface area (TPSA) is 66.4 Å². The van der Waals surface area contributed by atoms with Crippen LogP contribution in [-0.4, -0.2) is 23.4 Å². The zero-order valence-corrected chi connectivity index (χ0v) is 13.1. The molecular weight excluding hydrogens is 278 g/mol. The molecule has 2 N–H and O–H groups in total. The predicted octanol–water partition coefficient (Wildman–Crippen LogP) is 2.23. The average molecular weight is 301 g/mol. The van der Waals surface area contributed by atoms with E-state index >= 15 is 0 Å². The Kier molecular flexibility index (Phi) is 3.60. The van der Waals surface area contributed by atoms with Crippen LogP contribution in [0.5, 0.6) is 0 Å². The number of benzene rings is 1. The second-order valence-electron chi connectivity index (χ2n) is 7.11. The SMILES string of the molecule is CC1(C)[C@H]2CC[C@]1(C(=O)N[C@@H](CO)c1ccccc1)C(=O)C2. The van der Waals surface area contributed by atoms with Crippen LogP contribution in [0, 0.1) is 16.7 Å². The van der Waals surface area contributed by atoms with E-state index < -0.39 is 11.5 Å². The Morgan fingerprint density at radius 3 is 2.55 bits per heavy atom. The molecule has 3 rings (SSSR count). The molecule has 1 amide bonds. The summed E-state index contributed by atoms with van der Waals surface area (Å²) in [6, 6.07) is 8.92. The monoisotopic (exact) mass is 301 g/mol. The molecule has 118 valence electrons. The second kappa shape index (κ2) is 5.20. The molecule has 2 aliphatic rings. The van der Waals surface area contributed by atoms with E-state index in [2.05, 4.69) is 5.32 Å². The third kappa shape index (κ3) is 1.93. The van der Waals surface area contributed by atoms with Gasteiger partial charge in [-0.3, -0.25) is 9.59 Å². The Morgan fingerprint density at radius 2 is 2.05 bits per heavy atom. The van der Waals surface area contributed by atoms with Crippen LogP contribution in [0.2, 0.25) is 0 Å². The minimum atomic E-state index is -0.917. The fourth-order valence-corrected chi connectivity index (χ4v) is 4.41. The molecule has 0 saturated heterocycles. The fourth-order valence-electron chi connectivity index (χ4n) is 4.41. The predicted molar refractivity (Wildman–Crippen MR) is 83.0 cm³/mol. The van der Waals surface area contributed by atoms with Crippen LogP contribution in [0.15, 0.2) is 30.3 Å². The van der Waals surface area contributed by atoms with Gasteiger partial charge in [0.25, 0.3) is 0 Å². The fraction of sp³-hybridized carbons (Fsp3) is 0.556. The lowest BCUT2D eigenvalue weighted by atomic mass is 9.68. The summed E-state index contributed by atoms with van der Waals surface area (Å²) in [6.07, 6.45) is 2.07. The number of hydrogen-bond donors (Lipinski definition) is 2. The Hall–Kier alpha value is -1.68. The van der Waals surface area contributed by atoms with Crippen molar-refractivity contribution in [2.24, 2.45) is 16.7 Å². The van der Waals surface area contributed by atoms with Crippen LogP contribution in [0.3, 0.4) is 0 Å². The minimum absolute atomic E-state index is 0.0657. The van der Waals surface area contributed by atoms with Crippen LogP contribution >= 0.6 is 0 Å². The van der Waals surface area contributed by atoms with Gasteiger partial charge < -0.3 is 10.4 Å². The van der Waals surface area contributed by atoms with Gasteiger partial charge in [0.05, 0.1) is 12.6 Å². The number of aliphatic hydroxyl groups excluding tert-OH is 1. The first-order valence-electron chi connectivity index (χ1n) is 7.93. The number of aliphatic hydroxyl groups is 1. The molecule has 0 heterocycles. The summed E-state index contributed by atoms with van der Waals surface area (Å²) in [5, 5.41) is 12.6. The number of nitrogens with one attached hydrogen (secondary N) is 1. The smallest absolute Gasteiger partial charge is 0.234 e. The van der Waals surface area contributed by atoms with Gasteiger partial charge in [-0.15, -0.1) is 0 Å². The third-order valence-corrected chi connectivity index (χ3v) is 5.97. The number of fused-ring (bicyclic) bond motifs is 2. The lowest BCUT2D eigenvalue weighted by Gasteiger charge is -2.36. The highest BCUT2D eigenvalue weighted by Crippen LogP contribution is 2.64. The van der Waals surface area contributed by atoms with Gasteiger partial charge in [-0.25, -0.2) is 0 Å². The van der Waals surface area contributed by atoms with Crippen molar-refractivity contribution in [2.75, 3.05) is 6.61 Å². The van der Waals surface area contributed by atoms with Gasteiger partial charge in [-0.05, 0) is 29.7 Å². The Bertz CT molecular complexity index is 596. The van der Waals surface area contributed by atoms with E-state index in [0.29, 0.717) is 18.8 Å². The molecule has 0 spiro atoms. The van der Waals surface area contributed by atoms with Crippen molar-refractivity contribution in [1.82, 2.24) is 5.32 Å². The second-order valence-corrected chi connectivity index (χ2v) is 7.11. The van der Waals surface area contributed by atoms with Crippen LogP contribution in [0.25, 0.3) is 0 Å². The standard InChI is InChI=1S/C18H23NO3/c1-17(2)13-8-9-18(17,15(21)10-13)16(22)19-14(11-20)12-6-4-3-5-7-12/h3-7,13-14,20H,8-11H2,1-2H3,(H,19,22)/t13-,14-,18+/m0/s1. The number of carbonyl (C=O) groups is 2. The maximum Gasteiger partial charge on any atom is 0.234 e. The molecule has 0 unspecified atom stereocenters. The summed E-state index contributed by atoms with van der Waals surface area (Å²) in [5.41, 5.74) is -0.363. The lowest BCUT2D eigenvalue weighted by Crippen LogP contribution is -2.51. The molecule has 4 nitrogen and oxygen atoms in total. The summed E-state index contributed by atoms with van der Waals surface area (Å²) in [7, 11) is 0. The van der Waals surface area contributed by atoms with Crippen LogP contribution in [-0.2, 0) is 9.59 Å². The van der Waals surface area contributed by atoms with Crippen molar-refractivity contribution in [2.45, 2.75) is 39.2 Å². The first-order chi connectivity index (χ1) is 10.4. The molecule has 2 aliphatic carbocycles. The zero-order valence-electron chi connectivity index (χ0n) is 13.1. The van der Waals surface area contributed by atoms with E-state index in [-0.39, 0.29) is 23.7 Å². The third-order valence-electron chi connectivity index (χ3n) is 5.97. The van der Waals surface area contributed by atoms with Gasteiger partial charge in [0, 0.05) is 6.42 Å². The highest BCUT2D eigenvalue weighted by atomic mass is 16.3. The Morgan fingerprint density at radius 1 is 1.36 bits per heavy atom. The number of rotatable bonds is 4. The summed E-state index contributed by atoms with van der Waals surface area (Å²) < 4.78 is 0. The largest absolute Gasteiger partial charge is 0.394 e. The van der Waals surface area contributed by atoms with Crippen molar-refractivity contribution in [3.8, 4) is 0 Å². The molecule has 1 aromatic carbocycles. The van der Waals surface area contributed by atoms with E-state index in [0.717, 1.165) is 12.0 Å². The molecule has 4 heteroatoms. The average Bonchev–Trinajstić information content (AvgIpc) is 2.88. The maximum atomic E-state index is 13.0. The first kappa shape index (κ1) is 15.2. The van der Waals surface area contributed by atoms with E-state index in [1.807, 2.05) is 44.2 Å². The van der Waals surface area contributed by atoms with Crippen molar-refractivity contribution >= 4 is 11.7 Å². The van der Waals surface area contributed by atoms with Gasteiger partial charge in [0.1, 0.15) is 11.2 Å². The van der Waals surface area contributed by atoms with Crippen molar-refractivity contribution in [1.29, 1.82) is 0 Å². The van der Waals surface area contributed by atoms with Gasteiger partial charge in [0.2, 0.25) is 5.91 Å². The molecule has 0 aliphatic heterocycles. The van der Waals surface area contributed by atoms with Crippen molar-refractivity contribution < 1.29 is 14.7 Å². The van der Waals surface area contributed by atoms with E-state index in [1.165, 1.54) is 0 Å². The molecule has 22 heavy (non-hydrogen) atoms. The molecule has 0 aromatic heterocycles. The van der Waals surface area contributed by atoms with Gasteiger partial charge in [0.15, 0.2) is 0 Å². The van der Waals surface area contributed by atoms with Crippen molar-refractivity contribution in [3.63, 3.8) is 0 Å². The van der Waals surface area contributed by atoms with Gasteiger partial charge >= 0.3 is 0 Å². The summed E-state index contributed by atoms with van der Waals surface area (Å²) >= 11 is 0. The molecule has 2 fully saturated rings. The van der Waals surface area contributed by atoms with E-state index in [4.69, 9.17) is 0 Å². The molecule has 3 atom stereocenters. The molecular formula is C18H23NO3. The highest BCUT2D eigenvalue weighted by molar-refractivity contribution is 6.09. The summed E-state index contributed by atoms with van der Waals surface area (Å²) in [4.78, 5) is 25.4. The number of hydrogen-bond acceptors (Lipinski definition) is 3. The summed E-state index contributed by atoms with van der Waals surface area (Å²) in [5.74, 6) is 0.149. The molecule has 0 radical (unpaired) electrons. The van der Waals surface area contributed by atoms with E-state index in [1.54, 1.807) is 0 Å². The number of amides is 1. The Labute approximate surface area is 130 Å². The van der Waals surface area contributed by atoms with Gasteiger partial charge in [-0.1, -0.05) is 44.2 Å². The molecule has 2 bridgehead atoms.